The van der Waals surface area contributed by atoms with Gasteiger partial charge in [0, 0.05) is 6.61 Å². The molecule has 0 radical (unpaired) electrons. The first-order valence-corrected chi connectivity index (χ1v) is 8.52. The van der Waals surface area contributed by atoms with E-state index in [2.05, 4.69) is 33.1 Å². The Hall–Kier alpha value is 0.0500. The van der Waals surface area contributed by atoms with Crippen molar-refractivity contribution < 1.29 is 5.11 Å². The fraction of sp³-hybridized carbons (Fsp3) is 0.846. The third-order valence-corrected chi connectivity index (χ3v) is 7.35. The highest BCUT2D eigenvalue weighted by Crippen LogP contribution is 2.50. The van der Waals surface area contributed by atoms with Crippen molar-refractivity contribution in [2.24, 2.45) is 11.8 Å². The van der Waals surface area contributed by atoms with Gasteiger partial charge < -0.3 is 5.11 Å². The Morgan fingerprint density at radius 2 is 2.07 bits per heavy atom. The number of aliphatic hydroxyl groups excluding tert-OH is 1. The fourth-order valence-corrected chi connectivity index (χ4v) is 6.81. The van der Waals surface area contributed by atoms with Crippen LogP contribution in [0.1, 0.15) is 27.2 Å². The number of allylic oxidation sites excluding steroid dienone is 2. The highest BCUT2D eigenvalue weighted by molar-refractivity contribution is 8.33. The number of rotatable bonds is 3. The molecule has 0 saturated carbocycles. The van der Waals surface area contributed by atoms with Crippen LogP contribution in [0.5, 0.6) is 0 Å². The van der Waals surface area contributed by atoms with Crippen molar-refractivity contribution in [1.29, 1.82) is 0 Å². The van der Waals surface area contributed by atoms with E-state index < -0.39 is 10.0 Å². The average Bonchev–Trinajstić information content (AvgIpc) is 2.22. The summed E-state index contributed by atoms with van der Waals surface area (Å²) in [7, 11) is -0.482. The van der Waals surface area contributed by atoms with Gasteiger partial charge in [-0.1, -0.05) is 25.5 Å². The van der Waals surface area contributed by atoms with E-state index in [1.165, 1.54) is 17.3 Å². The minimum Gasteiger partial charge on any atom is -0.396 e. The van der Waals surface area contributed by atoms with Gasteiger partial charge in [-0.25, -0.2) is 10.0 Å². The quantitative estimate of drug-likeness (QED) is 0.739. The zero-order valence-electron chi connectivity index (χ0n) is 10.6. The summed E-state index contributed by atoms with van der Waals surface area (Å²) < 4.78 is 0. The Kier molecular flexibility index (Phi) is 4.72. The van der Waals surface area contributed by atoms with Gasteiger partial charge in [0.1, 0.15) is 0 Å². The van der Waals surface area contributed by atoms with Gasteiger partial charge >= 0.3 is 0 Å². The van der Waals surface area contributed by atoms with Crippen molar-refractivity contribution in [1.82, 2.24) is 0 Å². The van der Waals surface area contributed by atoms with Gasteiger partial charge in [0.2, 0.25) is 0 Å². The van der Waals surface area contributed by atoms with Crippen molar-refractivity contribution in [2.45, 2.75) is 27.2 Å². The average molecular weight is 230 g/mol. The van der Waals surface area contributed by atoms with Crippen LogP contribution in [0.3, 0.4) is 0 Å². The standard InChI is InChI=1S/C13H26OS/c1-11-8-12(2)13(3)10-15(4,9-11)7-5-6-14/h8,11,13-14H,5-7,9-10H2,1-4H3. The molecule has 1 nitrogen and oxygen atoms in total. The molecule has 0 spiro atoms. The zero-order valence-corrected chi connectivity index (χ0v) is 11.4. The minimum absolute atomic E-state index is 0.359. The maximum absolute atomic E-state index is 8.97. The summed E-state index contributed by atoms with van der Waals surface area (Å²) in [4.78, 5) is 0. The van der Waals surface area contributed by atoms with E-state index in [4.69, 9.17) is 5.11 Å². The molecule has 1 rings (SSSR count). The predicted molar refractivity (Wildman–Crippen MR) is 71.9 cm³/mol. The van der Waals surface area contributed by atoms with E-state index in [0.717, 1.165) is 18.3 Å². The fourth-order valence-electron chi connectivity index (χ4n) is 2.68. The van der Waals surface area contributed by atoms with Gasteiger partial charge in [-0.15, -0.1) is 0 Å². The lowest BCUT2D eigenvalue weighted by molar-refractivity contribution is 0.296. The Labute approximate surface area is 96.3 Å². The first-order chi connectivity index (χ1) is 6.97. The number of hydrogen-bond donors (Lipinski definition) is 1. The van der Waals surface area contributed by atoms with Crippen molar-refractivity contribution in [3.63, 3.8) is 0 Å². The summed E-state index contributed by atoms with van der Waals surface area (Å²) >= 11 is 0. The summed E-state index contributed by atoms with van der Waals surface area (Å²) in [6, 6.07) is 0. The third kappa shape index (κ3) is 3.84. The summed E-state index contributed by atoms with van der Waals surface area (Å²) in [5.74, 6) is 5.44. The van der Waals surface area contributed by atoms with Crippen LogP contribution in [0.2, 0.25) is 0 Å². The maximum atomic E-state index is 8.97. The van der Waals surface area contributed by atoms with Crippen LogP contribution >= 0.6 is 10.0 Å². The lowest BCUT2D eigenvalue weighted by Crippen LogP contribution is -2.18. The molecule has 1 heterocycles. The molecule has 3 atom stereocenters. The van der Waals surface area contributed by atoms with Gasteiger partial charge in [-0.3, -0.25) is 0 Å². The molecular weight excluding hydrogens is 204 g/mol. The Balaban J connectivity index is 2.69. The molecule has 90 valence electrons. The largest absolute Gasteiger partial charge is 0.396 e. The van der Waals surface area contributed by atoms with Gasteiger partial charge in [0.25, 0.3) is 0 Å². The van der Waals surface area contributed by atoms with Crippen LogP contribution in [0.15, 0.2) is 11.6 Å². The van der Waals surface area contributed by atoms with Gasteiger partial charge in [0.05, 0.1) is 0 Å². The summed E-state index contributed by atoms with van der Waals surface area (Å²) in [6.45, 7) is 7.33. The Morgan fingerprint density at radius 1 is 1.40 bits per heavy atom. The molecule has 3 unspecified atom stereocenters. The van der Waals surface area contributed by atoms with Crippen molar-refractivity contribution in [3.05, 3.63) is 11.6 Å². The van der Waals surface area contributed by atoms with Crippen LogP contribution in [-0.2, 0) is 0 Å². The SMILES string of the molecule is CC1=CC(C)CS(C)(CCCO)CC1C. The van der Waals surface area contributed by atoms with Gasteiger partial charge in [-0.2, -0.15) is 0 Å². The summed E-state index contributed by atoms with van der Waals surface area (Å²) in [5, 5.41) is 8.97. The highest BCUT2D eigenvalue weighted by Gasteiger charge is 2.26. The smallest absolute Gasteiger partial charge is 0.0438 e. The van der Waals surface area contributed by atoms with Crippen LogP contribution < -0.4 is 0 Å². The Morgan fingerprint density at radius 3 is 2.67 bits per heavy atom. The molecule has 0 bridgehead atoms. The van der Waals surface area contributed by atoms with Gasteiger partial charge in [0.15, 0.2) is 0 Å². The molecule has 0 amide bonds. The van der Waals surface area contributed by atoms with E-state index >= 15 is 0 Å². The van der Waals surface area contributed by atoms with Crippen LogP contribution in [0, 0.1) is 11.8 Å². The first kappa shape index (κ1) is 13.1. The third-order valence-electron chi connectivity index (χ3n) is 3.44. The van der Waals surface area contributed by atoms with Crippen molar-refractivity contribution in [2.75, 3.05) is 30.1 Å². The van der Waals surface area contributed by atoms with E-state index in [1.54, 1.807) is 5.57 Å². The second kappa shape index (κ2) is 5.40. The Bertz CT molecular complexity index is 237. The number of aliphatic hydroxyl groups is 1. The number of hydrogen-bond acceptors (Lipinski definition) is 1. The predicted octanol–water partition coefficient (Wildman–Crippen LogP) is 3.04. The molecule has 1 aliphatic rings. The molecular formula is C13H26OS. The van der Waals surface area contributed by atoms with Crippen LogP contribution in [0.4, 0.5) is 0 Å². The van der Waals surface area contributed by atoms with Crippen molar-refractivity contribution >= 4 is 10.0 Å². The molecule has 0 aliphatic carbocycles. The first-order valence-electron chi connectivity index (χ1n) is 5.97. The molecule has 1 N–H and O–H groups in total. The molecule has 0 aromatic carbocycles. The lowest BCUT2D eigenvalue weighted by atomic mass is 10.0. The van der Waals surface area contributed by atoms with E-state index in [9.17, 15) is 0 Å². The lowest BCUT2D eigenvalue weighted by Gasteiger charge is -2.38. The molecule has 0 saturated heterocycles. The summed E-state index contributed by atoms with van der Waals surface area (Å²) in [5.41, 5.74) is 1.57. The maximum Gasteiger partial charge on any atom is 0.0438 e. The van der Waals surface area contributed by atoms with E-state index in [1.807, 2.05) is 0 Å². The molecule has 0 aromatic rings. The highest BCUT2D eigenvalue weighted by atomic mass is 32.3. The van der Waals surface area contributed by atoms with Crippen LogP contribution in [-0.4, -0.2) is 35.2 Å². The second-order valence-corrected chi connectivity index (χ2v) is 9.41. The molecule has 1 aliphatic heterocycles. The van der Waals surface area contributed by atoms with E-state index in [0.29, 0.717) is 6.61 Å². The van der Waals surface area contributed by atoms with E-state index in [-0.39, 0.29) is 0 Å². The topological polar surface area (TPSA) is 20.2 Å². The molecule has 0 fully saturated rings. The molecule has 2 heteroatoms. The molecule has 0 aromatic heterocycles. The summed E-state index contributed by atoms with van der Waals surface area (Å²) in [6.07, 6.45) is 5.92. The monoisotopic (exact) mass is 230 g/mol. The normalized spacial score (nSPS) is 41.5. The minimum atomic E-state index is -0.482. The van der Waals surface area contributed by atoms with Crippen molar-refractivity contribution in [3.8, 4) is 0 Å². The second-order valence-electron chi connectivity index (χ2n) is 5.38. The van der Waals surface area contributed by atoms with Crippen LogP contribution in [0.25, 0.3) is 0 Å². The molecule has 15 heavy (non-hydrogen) atoms. The van der Waals surface area contributed by atoms with Gasteiger partial charge in [-0.05, 0) is 48.7 Å². The zero-order chi connectivity index (χ0) is 11.5.